The largest absolute Gasteiger partial charge is 0.458 e. The quantitative estimate of drug-likeness (QED) is 0.732. The molecule has 1 aliphatic heterocycles. The Labute approximate surface area is 163 Å². The minimum absolute atomic E-state index is 0.0792. The van der Waals surface area contributed by atoms with Crippen molar-refractivity contribution in [2.45, 2.75) is 18.9 Å². The summed E-state index contributed by atoms with van der Waals surface area (Å²) in [5, 5.41) is 4.83. The predicted molar refractivity (Wildman–Crippen MR) is 102 cm³/mol. The van der Waals surface area contributed by atoms with E-state index in [1.165, 1.54) is 0 Å². The van der Waals surface area contributed by atoms with Crippen molar-refractivity contribution >= 4 is 23.5 Å². The summed E-state index contributed by atoms with van der Waals surface area (Å²) in [7, 11) is 3.50. The summed E-state index contributed by atoms with van der Waals surface area (Å²) < 4.78 is 7.15. The molecular formula is C19H23ClN4O3. The molecule has 0 radical (unpaired) electrons. The second kappa shape index (κ2) is 8.54. The Morgan fingerprint density at radius 1 is 1.22 bits per heavy atom. The number of carbonyl (C=O) groups excluding carboxylic acids is 2. The number of benzene rings is 1. The van der Waals surface area contributed by atoms with E-state index in [9.17, 15) is 9.59 Å². The molecule has 0 saturated carbocycles. The highest BCUT2D eigenvalue weighted by atomic mass is 35.5. The molecule has 0 atom stereocenters. The Bertz CT molecular complexity index is 813. The SMILES string of the molecule is CN(C)C(=O)CN1CCC(OC(=O)c2ccn(-c3ccccc3Cl)n2)CC1. The van der Waals surface area contributed by atoms with Crippen molar-refractivity contribution in [3.8, 4) is 5.69 Å². The maximum Gasteiger partial charge on any atom is 0.359 e. The molecule has 27 heavy (non-hydrogen) atoms. The number of likely N-dealkylation sites (tertiary alicyclic amines) is 1. The van der Waals surface area contributed by atoms with Crippen molar-refractivity contribution in [3.63, 3.8) is 0 Å². The van der Waals surface area contributed by atoms with E-state index in [4.69, 9.17) is 16.3 Å². The molecule has 1 aliphatic rings. The molecule has 1 aromatic heterocycles. The van der Waals surface area contributed by atoms with Crippen LogP contribution in [-0.4, -0.2) is 71.3 Å². The van der Waals surface area contributed by atoms with Crippen LogP contribution >= 0.6 is 11.6 Å². The number of carbonyl (C=O) groups is 2. The molecule has 3 rings (SSSR count). The molecule has 1 amide bonds. The molecule has 2 heterocycles. The van der Waals surface area contributed by atoms with Crippen molar-refractivity contribution in [1.82, 2.24) is 19.6 Å². The molecule has 1 saturated heterocycles. The van der Waals surface area contributed by atoms with Crippen LogP contribution in [0.15, 0.2) is 36.5 Å². The van der Waals surface area contributed by atoms with Gasteiger partial charge in [-0.2, -0.15) is 5.10 Å². The summed E-state index contributed by atoms with van der Waals surface area (Å²) in [6.45, 7) is 1.85. The molecule has 144 valence electrons. The summed E-state index contributed by atoms with van der Waals surface area (Å²) in [4.78, 5) is 27.8. The second-order valence-corrected chi connectivity index (χ2v) is 7.17. The minimum Gasteiger partial charge on any atom is -0.458 e. The number of rotatable bonds is 5. The number of halogens is 1. The molecule has 0 N–H and O–H groups in total. The molecule has 0 aliphatic carbocycles. The van der Waals surface area contributed by atoms with Crippen LogP contribution < -0.4 is 0 Å². The second-order valence-electron chi connectivity index (χ2n) is 6.77. The first-order chi connectivity index (χ1) is 12.9. The van der Waals surface area contributed by atoms with Crippen molar-refractivity contribution in [1.29, 1.82) is 0 Å². The van der Waals surface area contributed by atoms with Crippen LogP contribution in [0.2, 0.25) is 5.02 Å². The van der Waals surface area contributed by atoms with E-state index >= 15 is 0 Å². The molecule has 1 aromatic carbocycles. The number of ether oxygens (including phenoxy) is 1. The lowest BCUT2D eigenvalue weighted by atomic mass is 10.1. The van der Waals surface area contributed by atoms with E-state index in [1.54, 1.807) is 42.0 Å². The highest BCUT2D eigenvalue weighted by molar-refractivity contribution is 6.32. The van der Waals surface area contributed by atoms with Gasteiger partial charge in [-0.1, -0.05) is 23.7 Å². The van der Waals surface area contributed by atoms with Gasteiger partial charge in [0.1, 0.15) is 6.10 Å². The standard InChI is InChI=1S/C19H23ClN4O3/c1-22(2)18(25)13-23-10-7-14(8-11-23)27-19(26)16-9-12-24(21-16)17-6-4-3-5-15(17)20/h3-6,9,12,14H,7-8,10-11,13H2,1-2H3. The van der Waals surface area contributed by atoms with E-state index in [2.05, 4.69) is 10.00 Å². The van der Waals surface area contributed by atoms with Crippen LogP contribution in [0.5, 0.6) is 0 Å². The number of likely N-dealkylation sites (N-methyl/N-ethyl adjacent to an activating group) is 1. The van der Waals surface area contributed by atoms with Gasteiger partial charge in [0.15, 0.2) is 5.69 Å². The lowest BCUT2D eigenvalue weighted by Gasteiger charge is -2.31. The topological polar surface area (TPSA) is 67.7 Å². The predicted octanol–water partition coefficient (Wildman–Crippen LogP) is 2.24. The molecular weight excluding hydrogens is 368 g/mol. The molecule has 0 bridgehead atoms. The summed E-state index contributed by atoms with van der Waals surface area (Å²) >= 11 is 6.16. The van der Waals surface area contributed by atoms with Gasteiger partial charge in [-0.25, -0.2) is 9.48 Å². The first kappa shape index (κ1) is 19.4. The average molecular weight is 391 g/mol. The van der Waals surface area contributed by atoms with Gasteiger partial charge in [-0.05, 0) is 31.0 Å². The zero-order valence-corrected chi connectivity index (χ0v) is 16.2. The smallest absolute Gasteiger partial charge is 0.359 e. The molecule has 7 nitrogen and oxygen atoms in total. The van der Waals surface area contributed by atoms with Gasteiger partial charge in [0.05, 0.1) is 17.3 Å². The lowest BCUT2D eigenvalue weighted by molar-refractivity contribution is -0.130. The Morgan fingerprint density at radius 3 is 2.59 bits per heavy atom. The minimum atomic E-state index is -0.441. The van der Waals surface area contributed by atoms with Gasteiger partial charge in [-0.3, -0.25) is 9.69 Å². The van der Waals surface area contributed by atoms with Crippen molar-refractivity contribution in [2.75, 3.05) is 33.7 Å². The Morgan fingerprint density at radius 2 is 1.93 bits per heavy atom. The number of amides is 1. The van der Waals surface area contributed by atoms with Crippen LogP contribution in [0.1, 0.15) is 23.3 Å². The molecule has 2 aromatic rings. The van der Waals surface area contributed by atoms with Gasteiger partial charge in [0.2, 0.25) is 5.91 Å². The van der Waals surface area contributed by atoms with Gasteiger partial charge in [0.25, 0.3) is 0 Å². The van der Waals surface area contributed by atoms with Crippen LogP contribution in [0.3, 0.4) is 0 Å². The molecule has 0 unspecified atom stereocenters. The number of hydrogen-bond acceptors (Lipinski definition) is 5. The Hall–Kier alpha value is -2.38. The zero-order valence-electron chi connectivity index (χ0n) is 15.5. The third-order valence-corrected chi connectivity index (χ3v) is 4.88. The monoisotopic (exact) mass is 390 g/mol. The molecule has 0 spiro atoms. The highest BCUT2D eigenvalue weighted by Gasteiger charge is 2.25. The summed E-state index contributed by atoms with van der Waals surface area (Å²) in [6.07, 6.45) is 2.94. The van der Waals surface area contributed by atoms with E-state index in [1.807, 2.05) is 18.2 Å². The molecule has 1 fully saturated rings. The third-order valence-electron chi connectivity index (χ3n) is 4.56. The van der Waals surface area contributed by atoms with E-state index in [0.717, 1.165) is 13.1 Å². The van der Waals surface area contributed by atoms with Crippen LogP contribution in [0.4, 0.5) is 0 Å². The first-order valence-corrected chi connectivity index (χ1v) is 9.26. The van der Waals surface area contributed by atoms with Gasteiger partial charge >= 0.3 is 5.97 Å². The number of esters is 1. The number of hydrogen-bond donors (Lipinski definition) is 0. The fourth-order valence-electron chi connectivity index (χ4n) is 2.93. The van der Waals surface area contributed by atoms with Crippen molar-refractivity contribution < 1.29 is 14.3 Å². The molecule has 8 heteroatoms. The summed E-state index contributed by atoms with van der Waals surface area (Å²) in [5.41, 5.74) is 0.956. The maximum atomic E-state index is 12.4. The highest BCUT2D eigenvalue weighted by Crippen LogP contribution is 2.20. The number of aromatic nitrogens is 2. The van der Waals surface area contributed by atoms with Gasteiger partial charge in [-0.15, -0.1) is 0 Å². The fourth-order valence-corrected chi connectivity index (χ4v) is 3.16. The summed E-state index contributed by atoms with van der Waals surface area (Å²) in [6, 6.07) is 8.91. The van der Waals surface area contributed by atoms with Crippen molar-refractivity contribution in [2.24, 2.45) is 0 Å². The van der Waals surface area contributed by atoms with Gasteiger partial charge in [0, 0.05) is 33.4 Å². The Kier molecular flexibility index (Phi) is 6.13. The van der Waals surface area contributed by atoms with Gasteiger partial charge < -0.3 is 9.64 Å². The van der Waals surface area contributed by atoms with Crippen LogP contribution in [0, 0.1) is 0 Å². The van der Waals surface area contributed by atoms with Crippen LogP contribution in [-0.2, 0) is 9.53 Å². The normalized spacial score (nSPS) is 15.5. The first-order valence-electron chi connectivity index (χ1n) is 8.88. The summed E-state index contributed by atoms with van der Waals surface area (Å²) in [5.74, 6) is -0.362. The van der Waals surface area contributed by atoms with Crippen LogP contribution in [0.25, 0.3) is 5.69 Å². The van der Waals surface area contributed by atoms with E-state index in [-0.39, 0.29) is 17.7 Å². The number of para-hydroxylation sites is 1. The lowest BCUT2D eigenvalue weighted by Crippen LogP contribution is -2.43. The zero-order chi connectivity index (χ0) is 19.4. The average Bonchev–Trinajstić information content (AvgIpc) is 3.13. The number of nitrogens with zero attached hydrogens (tertiary/aromatic N) is 4. The maximum absolute atomic E-state index is 12.4. The van der Waals surface area contributed by atoms with Crippen molar-refractivity contribution in [3.05, 3.63) is 47.2 Å². The third kappa shape index (κ3) is 4.87. The fraction of sp³-hybridized carbons (Fsp3) is 0.421. The number of piperidine rings is 1. The Balaban J connectivity index is 1.53. The van der Waals surface area contributed by atoms with E-state index < -0.39 is 5.97 Å². The van der Waals surface area contributed by atoms with E-state index in [0.29, 0.717) is 30.1 Å².